The Morgan fingerprint density at radius 1 is 1.50 bits per heavy atom. The van der Waals surface area contributed by atoms with Gasteiger partial charge in [-0.2, -0.15) is 0 Å². The van der Waals surface area contributed by atoms with Crippen LogP contribution >= 0.6 is 11.3 Å². The molecule has 5 heteroatoms. The van der Waals surface area contributed by atoms with Crippen molar-refractivity contribution in [3.05, 3.63) is 34.5 Å². The fourth-order valence-electron chi connectivity index (χ4n) is 2.39. The summed E-state index contributed by atoms with van der Waals surface area (Å²) in [5.41, 5.74) is 0.910. The molecule has 3 rings (SSSR count). The summed E-state index contributed by atoms with van der Waals surface area (Å²) in [4.78, 5) is 11.6. The lowest BCUT2D eigenvalue weighted by atomic mass is 10.1. The number of halogens is 1. The largest absolute Gasteiger partial charge is 0.477 e. The molecule has 0 atom stereocenters. The monoisotopic (exact) mass is 293 g/mol. The lowest BCUT2D eigenvalue weighted by Crippen LogP contribution is -2.22. The first-order valence-electron chi connectivity index (χ1n) is 6.64. The van der Waals surface area contributed by atoms with E-state index < -0.39 is 5.97 Å². The van der Waals surface area contributed by atoms with Crippen molar-refractivity contribution in [3.8, 4) is 0 Å². The molecule has 0 bridgehead atoms. The number of hydrogen-bond donors (Lipinski definition) is 2. The average molecular weight is 293 g/mol. The number of rotatable bonds is 5. The summed E-state index contributed by atoms with van der Waals surface area (Å²) in [6.07, 6.45) is 2.40. The molecule has 0 radical (unpaired) electrons. The number of aromatic carboxylic acids is 1. The van der Waals surface area contributed by atoms with Gasteiger partial charge < -0.3 is 10.4 Å². The van der Waals surface area contributed by atoms with Crippen molar-refractivity contribution < 1.29 is 14.3 Å². The molecule has 1 aliphatic carbocycles. The molecule has 20 heavy (non-hydrogen) atoms. The Kier molecular flexibility index (Phi) is 3.26. The molecule has 2 aromatic rings. The van der Waals surface area contributed by atoms with E-state index in [9.17, 15) is 14.3 Å². The van der Waals surface area contributed by atoms with E-state index in [0.29, 0.717) is 27.6 Å². The standard InChI is InChI=1S/C15H16FNO2S/c1-15(5-6-15)8-17-7-9-12-10(16)3-2-4-11(12)20-13(9)14(18)19/h2-4,17H,5-8H2,1H3,(H,18,19). The van der Waals surface area contributed by atoms with E-state index in [-0.39, 0.29) is 10.7 Å². The highest BCUT2D eigenvalue weighted by Gasteiger charge is 2.36. The Bertz CT molecular complexity index is 676. The van der Waals surface area contributed by atoms with Crippen LogP contribution in [-0.2, 0) is 6.54 Å². The van der Waals surface area contributed by atoms with Crippen molar-refractivity contribution in [2.75, 3.05) is 6.54 Å². The lowest BCUT2D eigenvalue weighted by Gasteiger charge is -2.10. The van der Waals surface area contributed by atoms with E-state index >= 15 is 0 Å². The molecule has 106 valence electrons. The fraction of sp³-hybridized carbons (Fsp3) is 0.400. The summed E-state index contributed by atoms with van der Waals surface area (Å²) < 4.78 is 14.7. The zero-order chi connectivity index (χ0) is 14.3. The summed E-state index contributed by atoms with van der Waals surface area (Å²) in [5.74, 6) is -1.33. The van der Waals surface area contributed by atoms with E-state index in [1.807, 2.05) is 0 Å². The van der Waals surface area contributed by atoms with Gasteiger partial charge in [0, 0.05) is 28.7 Å². The van der Waals surface area contributed by atoms with Crippen molar-refractivity contribution in [1.29, 1.82) is 0 Å². The van der Waals surface area contributed by atoms with Crippen LogP contribution in [0.3, 0.4) is 0 Å². The molecule has 1 aromatic carbocycles. The van der Waals surface area contributed by atoms with Crippen molar-refractivity contribution in [2.45, 2.75) is 26.3 Å². The minimum Gasteiger partial charge on any atom is -0.477 e. The van der Waals surface area contributed by atoms with Crippen LogP contribution in [-0.4, -0.2) is 17.6 Å². The van der Waals surface area contributed by atoms with Crippen molar-refractivity contribution in [1.82, 2.24) is 5.32 Å². The number of hydrogen-bond acceptors (Lipinski definition) is 3. The van der Waals surface area contributed by atoms with Gasteiger partial charge in [0.15, 0.2) is 0 Å². The smallest absolute Gasteiger partial charge is 0.346 e. The molecule has 0 amide bonds. The number of thiophene rings is 1. The van der Waals surface area contributed by atoms with Crippen LogP contribution in [0.25, 0.3) is 10.1 Å². The lowest BCUT2D eigenvalue weighted by molar-refractivity contribution is 0.0701. The summed E-state index contributed by atoms with van der Waals surface area (Å²) in [6, 6.07) is 4.76. The maximum atomic E-state index is 14.0. The number of fused-ring (bicyclic) bond motifs is 1. The first-order valence-corrected chi connectivity index (χ1v) is 7.46. The van der Waals surface area contributed by atoms with Crippen molar-refractivity contribution in [2.24, 2.45) is 5.41 Å². The third kappa shape index (κ3) is 2.43. The fourth-order valence-corrected chi connectivity index (χ4v) is 3.46. The van der Waals surface area contributed by atoms with Crippen LogP contribution in [0.4, 0.5) is 4.39 Å². The van der Waals surface area contributed by atoms with Gasteiger partial charge in [0.25, 0.3) is 0 Å². The quantitative estimate of drug-likeness (QED) is 0.885. The molecule has 0 spiro atoms. The predicted octanol–water partition coefficient (Wildman–Crippen LogP) is 3.63. The second-order valence-corrected chi connectivity index (χ2v) is 6.79. The second-order valence-electron chi connectivity index (χ2n) is 5.74. The van der Waals surface area contributed by atoms with E-state index in [2.05, 4.69) is 12.2 Å². The SMILES string of the molecule is CC1(CNCc2c(C(=O)O)sc3cccc(F)c23)CC1. The minimum atomic E-state index is -0.986. The van der Waals surface area contributed by atoms with Crippen LogP contribution in [0.5, 0.6) is 0 Å². The molecule has 3 nitrogen and oxygen atoms in total. The van der Waals surface area contributed by atoms with Gasteiger partial charge in [0.1, 0.15) is 10.7 Å². The molecule has 0 aliphatic heterocycles. The van der Waals surface area contributed by atoms with Gasteiger partial charge in [0.2, 0.25) is 0 Å². The first-order chi connectivity index (χ1) is 9.50. The molecule has 1 heterocycles. The topological polar surface area (TPSA) is 49.3 Å². The maximum absolute atomic E-state index is 14.0. The molecule has 1 saturated carbocycles. The molecular weight excluding hydrogens is 277 g/mol. The van der Waals surface area contributed by atoms with E-state index in [4.69, 9.17) is 0 Å². The Labute approximate surface area is 120 Å². The molecule has 2 N–H and O–H groups in total. The maximum Gasteiger partial charge on any atom is 0.346 e. The van der Waals surface area contributed by atoms with E-state index in [0.717, 1.165) is 17.9 Å². The van der Waals surface area contributed by atoms with Gasteiger partial charge in [0.05, 0.1) is 0 Å². The van der Waals surface area contributed by atoms with Crippen LogP contribution in [0.1, 0.15) is 35.0 Å². The molecule has 0 unspecified atom stereocenters. The van der Waals surface area contributed by atoms with Gasteiger partial charge in [-0.3, -0.25) is 0 Å². The zero-order valence-electron chi connectivity index (χ0n) is 11.2. The highest BCUT2D eigenvalue weighted by atomic mass is 32.1. The van der Waals surface area contributed by atoms with Crippen molar-refractivity contribution in [3.63, 3.8) is 0 Å². The van der Waals surface area contributed by atoms with Gasteiger partial charge in [-0.1, -0.05) is 13.0 Å². The zero-order valence-corrected chi connectivity index (χ0v) is 12.0. The highest BCUT2D eigenvalue weighted by Crippen LogP contribution is 2.44. The Hall–Kier alpha value is -1.46. The number of carbonyl (C=O) groups is 1. The third-order valence-electron chi connectivity index (χ3n) is 3.91. The van der Waals surface area contributed by atoms with Gasteiger partial charge in [-0.25, -0.2) is 9.18 Å². The molecular formula is C15H16FNO2S. The Morgan fingerprint density at radius 3 is 2.90 bits per heavy atom. The van der Waals surface area contributed by atoms with Crippen molar-refractivity contribution >= 4 is 27.4 Å². The molecule has 0 saturated heterocycles. The number of carboxylic acids is 1. The molecule has 1 aromatic heterocycles. The number of benzene rings is 1. The Morgan fingerprint density at radius 2 is 2.25 bits per heavy atom. The van der Waals surface area contributed by atoms with Gasteiger partial charge in [-0.15, -0.1) is 11.3 Å². The highest BCUT2D eigenvalue weighted by molar-refractivity contribution is 7.21. The molecule has 1 aliphatic rings. The normalized spacial score (nSPS) is 16.5. The van der Waals surface area contributed by atoms with Crippen LogP contribution in [0.2, 0.25) is 0 Å². The van der Waals surface area contributed by atoms with E-state index in [1.165, 1.54) is 18.9 Å². The predicted molar refractivity (Wildman–Crippen MR) is 77.8 cm³/mol. The van der Waals surface area contributed by atoms with E-state index in [1.54, 1.807) is 12.1 Å². The molecule has 1 fully saturated rings. The number of nitrogens with one attached hydrogen (secondary N) is 1. The summed E-state index contributed by atoms with van der Waals surface area (Å²) in [7, 11) is 0. The van der Waals surface area contributed by atoms with Gasteiger partial charge >= 0.3 is 5.97 Å². The number of carboxylic acid groups (broad SMARTS) is 1. The first kappa shape index (κ1) is 13.5. The summed E-state index contributed by atoms with van der Waals surface area (Å²) in [6.45, 7) is 3.44. The summed E-state index contributed by atoms with van der Waals surface area (Å²) >= 11 is 1.14. The summed E-state index contributed by atoms with van der Waals surface area (Å²) in [5, 5.41) is 13.0. The Balaban J connectivity index is 1.93. The van der Waals surface area contributed by atoms with Crippen LogP contribution in [0, 0.1) is 11.2 Å². The van der Waals surface area contributed by atoms with Crippen LogP contribution in [0.15, 0.2) is 18.2 Å². The van der Waals surface area contributed by atoms with Gasteiger partial charge in [-0.05, 0) is 30.4 Å². The van der Waals surface area contributed by atoms with Crippen LogP contribution < -0.4 is 5.32 Å². The average Bonchev–Trinajstić information content (AvgIpc) is 2.99. The third-order valence-corrected chi connectivity index (χ3v) is 5.10. The minimum absolute atomic E-state index is 0.235. The second kappa shape index (κ2) is 4.82.